The second kappa shape index (κ2) is 5.77. The summed E-state index contributed by atoms with van der Waals surface area (Å²) in [6.45, 7) is 7.76. The van der Waals surface area contributed by atoms with Crippen molar-refractivity contribution < 1.29 is 9.53 Å². The Morgan fingerprint density at radius 3 is 2.76 bits per heavy atom. The van der Waals surface area contributed by atoms with Crippen molar-refractivity contribution in [2.24, 2.45) is 0 Å². The average molecular weight is 236 g/mol. The fourth-order valence-corrected chi connectivity index (χ4v) is 1.28. The Morgan fingerprint density at radius 2 is 2.24 bits per heavy atom. The molecule has 1 aromatic heterocycles. The van der Waals surface area contributed by atoms with Crippen LogP contribution in [-0.2, 0) is 9.53 Å². The number of carbonyl (C=O) groups is 1. The number of nitrogens with zero attached hydrogens (tertiary/aromatic N) is 1. The lowest BCUT2D eigenvalue weighted by Crippen LogP contribution is -2.33. The number of carbonyl (C=O) groups excluding carboxylic acids is 1. The van der Waals surface area contributed by atoms with Crippen LogP contribution in [0.3, 0.4) is 0 Å². The number of nitrogens with one attached hydrogen (secondary N) is 1. The van der Waals surface area contributed by atoms with Crippen molar-refractivity contribution in [1.82, 2.24) is 10.3 Å². The van der Waals surface area contributed by atoms with E-state index in [0.717, 1.165) is 5.56 Å². The van der Waals surface area contributed by atoms with Crippen molar-refractivity contribution in [3.05, 3.63) is 30.1 Å². The van der Waals surface area contributed by atoms with Crippen LogP contribution < -0.4 is 5.32 Å². The molecule has 0 aromatic carbocycles. The second-order valence-corrected chi connectivity index (χ2v) is 4.98. The van der Waals surface area contributed by atoms with Crippen LogP contribution in [0.4, 0.5) is 0 Å². The summed E-state index contributed by atoms with van der Waals surface area (Å²) in [5.41, 5.74) is 0.686. The van der Waals surface area contributed by atoms with Crippen LogP contribution in [0.5, 0.6) is 0 Å². The zero-order chi connectivity index (χ0) is 12.9. The van der Waals surface area contributed by atoms with Gasteiger partial charge >= 0.3 is 0 Å². The predicted molar refractivity (Wildman–Crippen MR) is 66.5 cm³/mol. The molecule has 0 aliphatic carbocycles. The number of rotatable bonds is 4. The molecular weight excluding hydrogens is 216 g/mol. The van der Waals surface area contributed by atoms with E-state index in [1.165, 1.54) is 0 Å². The Morgan fingerprint density at radius 1 is 1.53 bits per heavy atom. The van der Waals surface area contributed by atoms with E-state index in [-0.39, 0.29) is 24.2 Å². The lowest BCUT2D eigenvalue weighted by Gasteiger charge is -2.20. The molecule has 1 aromatic rings. The molecule has 0 saturated heterocycles. The van der Waals surface area contributed by atoms with Crippen molar-refractivity contribution in [2.75, 3.05) is 6.61 Å². The number of aromatic nitrogens is 1. The first-order chi connectivity index (χ1) is 7.88. The summed E-state index contributed by atoms with van der Waals surface area (Å²) in [7, 11) is 0. The molecule has 0 saturated carbocycles. The fourth-order valence-electron chi connectivity index (χ4n) is 1.28. The van der Waals surface area contributed by atoms with Gasteiger partial charge in [-0.15, -0.1) is 0 Å². The van der Waals surface area contributed by atoms with Crippen molar-refractivity contribution in [2.45, 2.75) is 39.3 Å². The molecule has 0 unspecified atom stereocenters. The lowest BCUT2D eigenvalue weighted by molar-refractivity contribution is -0.131. The largest absolute Gasteiger partial charge is 0.366 e. The van der Waals surface area contributed by atoms with E-state index in [1.54, 1.807) is 12.4 Å². The molecule has 0 aliphatic heterocycles. The summed E-state index contributed by atoms with van der Waals surface area (Å²) >= 11 is 0. The first-order valence-electron chi connectivity index (χ1n) is 5.72. The van der Waals surface area contributed by atoms with Gasteiger partial charge < -0.3 is 10.1 Å². The van der Waals surface area contributed by atoms with Crippen LogP contribution in [0.2, 0.25) is 0 Å². The van der Waals surface area contributed by atoms with E-state index in [1.807, 2.05) is 39.8 Å². The maximum atomic E-state index is 11.6. The van der Waals surface area contributed by atoms with Gasteiger partial charge in [0.2, 0.25) is 5.91 Å². The molecule has 1 N–H and O–H groups in total. The van der Waals surface area contributed by atoms with E-state index < -0.39 is 0 Å². The van der Waals surface area contributed by atoms with Gasteiger partial charge in [0.1, 0.15) is 6.61 Å². The Bertz CT molecular complexity index is 357. The maximum absolute atomic E-state index is 11.6. The molecule has 0 fully saturated rings. The summed E-state index contributed by atoms with van der Waals surface area (Å²) in [6.07, 6.45) is 3.45. The predicted octanol–water partition coefficient (Wildman–Crippen LogP) is 2.07. The summed E-state index contributed by atoms with van der Waals surface area (Å²) in [5, 5.41) is 2.86. The number of hydrogen-bond donors (Lipinski definition) is 1. The van der Waals surface area contributed by atoms with E-state index in [0.29, 0.717) is 0 Å². The number of pyridine rings is 1. The van der Waals surface area contributed by atoms with Gasteiger partial charge in [-0.3, -0.25) is 9.78 Å². The average Bonchev–Trinajstić information content (AvgIpc) is 2.27. The minimum absolute atomic E-state index is 0.0558. The number of amides is 1. The van der Waals surface area contributed by atoms with Crippen LogP contribution in [-0.4, -0.2) is 23.1 Å². The summed E-state index contributed by atoms with van der Waals surface area (Å²) in [5.74, 6) is -0.115. The zero-order valence-corrected chi connectivity index (χ0v) is 10.9. The van der Waals surface area contributed by atoms with Crippen LogP contribution in [0, 0.1) is 0 Å². The molecule has 4 heteroatoms. The van der Waals surface area contributed by atoms with Gasteiger partial charge in [0, 0.05) is 12.4 Å². The smallest absolute Gasteiger partial charge is 0.246 e. The lowest BCUT2D eigenvalue weighted by atomic mass is 10.1. The monoisotopic (exact) mass is 236 g/mol. The highest BCUT2D eigenvalue weighted by Gasteiger charge is 2.14. The number of ether oxygens (including phenoxy) is 1. The molecule has 4 nitrogen and oxygen atoms in total. The first kappa shape index (κ1) is 13.6. The van der Waals surface area contributed by atoms with Gasteiger partial charge in [0.05, 0.1) is 11.6 Å². The molecular formula is C13H20N2O2. The van der Waals surface area contributed by atoms with Gasteiger partial charge in [-0.25, -0.2) is 0 Å². The van der Waals surface area contributed by atoms with Gasteiger partial charge in [-0.2, -0.15) is 0 Å². The molecule has 94 valence electrons. The standard InChI is InChI=1S/C13H20N2O2/c1-10(11-6-5-7-14-8-11)15-12(16)9-17-13(2,3)4/h5-8,10H,9H2,1-4H3,(H,15,16)/t10-/m0/s1. The minimum Gasteiger partial charge on any atom is -0.366 e. The third kappa shape index (κ3) is 5.45. The van der Waals surface area contributed by atoms with Gasteiger partial charge in [0.25, 0.3) is 0 Å². The summed E-state index contributed by atoms with van der Waals surface area (Å²) in [4.78, 5) is 15.6. The SMILES string of the molecule is C[C@H](NC(=O)COC(C)(C)C)c1cccnc1. The van der Waals surface area contributed by atoms with Gasteiger partial charge in [0.15, 0.2) is 0 Å². The van der Waals surface area contributed by atoms with Crippen molar-refractivity contribution >= 4 is 5.91 Å². The maximum Gasteiger partial charge on any atom is 0.246 e. The molecule has 0 bridgehead atoms. The first-order valence-corrected chi connectivity index (χ1v) is 5.72. The zero-order valence-electron chi connectivity index (χ0n) is 10.9. The second-order valence-electron chi connectivity index (χ2n) is 4.98. The highest BCUT2D eigenvalue weighted by atomic mass is 16.5. The van der Waals surface area contributed by atoms with Crippen molar-refractivity contribution in [3.8, 4) is 0 Å². The fraction of sp³-hybridized carbons (Fsp3) is 0.538. The number of hydrogen-bond acceptors (Lipinski definition) is 3. The van der Waals surface area contributed by atoms with Gasteiger partial charge in [-0.05, 0) is 39.3 Å². The van der Waals surface area contributed by atoms with Crippen LogP contribution >= 0.6 is 0 Å². The molecule has 1 heterocycles. The van der Waals surface area contributed by atoms with E-state index >= 15 is 0 Å². The van der Waals surface area contributed by atoms with Crippen LogP contribution in [0.15, 0.2) is 24.5 Å². The molecule has 17 heavy (non-hydrogen) atoms. The Kier molecular flexibility index (Phi) is 4.63. The quantitative estimate of drug-likeness (QED) is 0.870. The van der Waals surface area contributed by atoms with Crippen LogP contribution in [0.1, 0.15) is 39.3 Å². The molecule has 1 amide bonds. The van der Waals surface area contributed by atoms with Crippen molar-refractivity contribution in [3.63, 3.8) is 0 Å². The molecule has 1 atom stereocenters. The van der Waals surface area contributed by atoms with E-state index in [2.05, 4.69) is 10.3 Å². The highest BCUT2D eigenvalue weighted by Crippen LogP contribution is 2.10. The highest BCUT2D eigenvalue weighted by molar-refractivity contribution is 5.77. The molecule has 1 rings (SSSR count). The van der Waals surface area contributed by atoms with Crippen molar-refractivity contribution in [1.29, 1.82) is 0 Å². The Balaban J connectivity index is 2.42. The minimum atomic E-state index is -0.297. The summed E-state index contributed by atoms with van der Waals surface area (Å²) < 4.78 is 5.40. The molecule has 0 spiro atoms. The topological polar surface area (TPSA) is 51.2 Å². The van der Waals surface area contributed by atoms with E-state index in [4.69, 9.17) is 4.74 Å². The molecule has 0 aliphatic rings. The third-order valence-electron chi connectivity index (χ3n) is 2.20. The Labute approximate surface area is 102 Å². The Hall–Kier alpha value is -1.42. The third-order valence-corrected chi connectivity index (χ3v) is 2.20. The summed E-state index contributed by atoms with van der Waals surface area (Å²) in [6, 6.07) is 3.73. The molecule has 0 radical (unpaired) electrons. The van der Waals surface area contributed by atoms with Crippen LogP contribution in [0.25, 0.3) is 0 Å². The van der Waals surface area contributed by atoms with Gasteiger partial charge in [-0.1, -0.05) is 6.07 Å². The normalized spacial score (nSPS) is 13.2. The van der Waals surface area contributed by atoms with E-state index in [9.17, 15) is 4.79 Å².